The number of aliphatic hydroxyl groups is 2. The molecule has 0 radical (unpaired) electrons. The van der Waals surface area contributed by atoms with Crippen molar-refractivity contribution >= 4 is 74.3 Å². The van der Waals surface area contributed by atoms with Crippen LogP contribution in [0.15, 0.2) is 122 Å². The van der Waals surface area contributed by atoms with Crippen LogP contribution in [0.5, 0.6) is 0 Å². The van der Waals surface area contributed by atoms with Crippen LogP contribution in [0.25, 0.3) is 0 Å². The van der Waals surface area contributed by atoms with Gasteiger partial charge in [-0.3, -0.25) is 14.4 Å². The van der Waals surface area contributed by atoms with E-state index in [1.165, 1.54) is 21.1 Å². The van der Waals surface area contributed by atoms with Crippen molar-refractivity contribution in [2.75, 3.05) is 26.9 Å². The van der Waals surface area contributed by atoms with E-state index in [2.05, 4.69) is 63.7 Å². The Labute approximate surface area is 670 Å². The summed E-state index contributed by atoms with van der Waals surface area (Å²) >= 11 is 3.95. The van der Waals surface area contributed by atoms with Gasteiger partial charge in [-0.05, 0) is 155 Å². The fourth-order valence-electron chi connectivity index (χ4n) is 12.4. The molecule has 109 heavy (non-hydrogen) atoms. The molecule has 6 heterocycles. The number of ether oxygens (including phenoxy) is 16. The monoisotopic (exact) mass is 1730 g/mol. The van der Waals surface area contributed by atoms with Gasteiger partial charge in [-0.1, -0.05) is 39.2 Å². The maximum absolute atomic E-state index is 13.0. The standard InChI is InChI=1S/C19H26O4Se.C13H22O4.C13H20O4.C10H16O3.C8H12O3.C8H10O3.C6H5BrSe.C5H12O.2CH4/c1-18(2,3)21-11-13-15-16(23-19(4,5)22-15)14(20)17(13)24-12-9-7-6-8-10-12;2*1-12(2,3)15-7-8-6-9(14)11-10(8)16-13(4,5)17-11;1-5-7(11)9-8(6-2)12-10(3,4)13-9;2*1-8(2)10-6-4-3-5(9)7(6)11-8;7-8-6-4-2-1-3-5-6;1-5(2,3)6-4;;/h6-10,13,15-17H,11H2,1-5H3;8,10-11H,6-7H2,1-5H3;6,10-11H,7H2,1-5H3;5-9,11H,1-2H2,3-4H3;3-7,9H,1-2H3;3-4,6-7H,1-2H3;1-5H;1-4H3;2*1H4/t13?,15-,16+,17?;8?,10-,11+;10-,11+;7?,8-,9?;5?,6-,7?;6-,7?;;;;/m000000..../s1. The molecule has 2 N–H and O–H groups in total. The van der Waals surface area contributed by atoms with E-state index < -0.39 is 71.3 Å². The third kappa shape index (κ3) is 30.6. The molecule has 0 aromatic heterocycles. The molecule has 13 rings (SSSR count). The average molecular weight is 1730 g/mol. The van der Waals surface area contributed by atoms with Crippen LogP contribution in [0.2, 0.25) is 4.82 Å². The summed E-state index contributed by atoms with van der Waals surface area (Å²) in [4.78, 5) is 47.5. The molecule has 2 aromatic carbocycles. The Bertz CT molecular complexity index is 3340. The van der Waals surface area contributed by atoms with Gasteiger partial charge in [0.2, 0.25) is 0 Å². The van der Waals surface area contributed by atoms with E-state index in [0.29, 0.717) is 39.4 Å². The molecule has 618 valence electrons. The second kappa shape index (κ2) is 40.0. The predicted octanol–water partition coefficient (Wildman–Crippen LogP) is 12.4. The van der Waals surface area contributed by atoms with Crippen LogP contribution in [0.3, 0.4) is 0 Å². The summed E-state index contributed by atoms with van der Waals surface area (Å²) in [5, 5.41) is 18.9. The molecule has 0 bridgehead atoms. The van der Waals surface area contributed by atoms with E-state index in [1.807, 2.05) is 183 Å². The summed E-state index contributed by atoms with van der Waals surface area (Å²) in [6.07, 6.45) is 7.38. The summed E-state index contributed by atoms with van der Waals surface area (Å²) < 4.78 is 92.4. The van der Waals surface area contributed by atoms with Gasteiger partial charge in [-0.25, -0.2) is 0 Å². The van der Waals surface area contributed by atoms with E-state index in [9.17, 15) is 29.4 Å². The van der Waals surface area contributed by atoms with Crippen molar-refractivity contribution in [1.82, 2.24) is 0 Å². The van der Waals surface area contributed by atoms with Gasteiger partial charge in [-0.2, -0.15) is 0 Å². The maximum Gasteiger partial charge on any atom is 0.187 e. The smallest absolute Gasteiger partial charge is 0.187 e. The number of carbonyl (C=O) groups is 4. The number of Topliss-reactive ketones (excluding diaryl/α,β-unsaturated/α-hetero) is 2. The molecule has 2 saturated carbocycles. The van der Waals surface area contributed by atoms with Gasteiger partial charge in [0.25, 0.3) is 0 Å². The molecule has 8 fully saturated rings. The largest absolute Gasteiger partial charge is 0.386 e. The zero-order valence-corrected chi connectivity index (χ0v) is 72.6. The Morgan fingerprint density at radius 3 is 1.50 bits per heavy atom. The second-order valence-corrected chi connectivity index (χ2v) is 39.7. The predicted molar refractivity (Wildman–Crippen MR) is 427 cm³/mol. The van der Waals surface area contributed by atoms with Crippen molar-refractivity contribution < 1.29 is 105 Å². The first kappa shape index (κ1) is 98.0. The van der Waals surface area contributed by atoms with Gasteiger partial charge >= 0.3 is 212 Å². The minimum atomic E-state index is -0.718. The average Bonchev–Trinajstić information content (AvgIpc) is 1.59. The first-order valence-electron chi connectivity index (χ1n) is 36.7. The topological polar surface area (TPSA) is 256 Å². The number of methoxy groups -OCH3 is 1. The van der Waals surface area contributed by atoms with Crippen molar-refractivity contribution in [1.29, 1.82) is 0 Å². The van der Waals surface area contributed by atoms with Gasteiger partial charge in [0.05, 0.1) is 36.1 Å². The molecule has 5 aliphatic carbocycles. The van der Waals surface area contributed by atoms with E-state index in [0.717, 1.165) is 5.57 Å². The molecule has 6 saturated heterocycles. The quantitative estimate of drug-likeness (QED) is 0.148. The minimum absolute atomic E-state index is 0. The Kier molecular flexibility index (Phi) is 35.9. The number of carbonyl (C=O) groups excluding carboxylic acids is 4. The zero-order chi connectivity index (χ0) is 80.4. The number of rotatable bonds is 12. The van der Waals surface area contributed by atoms with Crippen molar-refractivity contribution in [3.05, 3.63) is 122 Å². The second-order valence-electron chi connectivity index (χ2n) is 34.2. The van der Waals surface area contributed by atoms with Crippen LogP contribution >= 0.6 is 14.1 Å². The van der Waals surface area contributed by atoms with E-state index in [4.69, 9.17) is 75.8 Å². The summed E-state index contributed by atoms with van der Waals surface area (Å²) in [7, 11) is 1.71. The number of aliphatic hydroxyl groups excluding tert-OH is 2. The van der Waals surface area contributed by atoms with Gasteiger partial charge in [0.15, 0.2) is 58.5 Å². The molecule has 17 atom stereocenters. The number of benzene rings is 2. The first-order chi connectivity index (χ1) is 49.2. The van der Waals surface area contributed by atoms with Gasteiger partial charge in [-0.15, -0.1) is 13.2 Å². The van der Waals surface area contributed by atoms with E-state index in [1.54, 1.807) is 45.3 Å². The van der Waals surface area contributed by atoms with Crippen LogP contribution in [0.4, 0.5) is 0 Å². The Hall–Kier alpha value is -3.38. The third-order valence-corrected chi connectivity index (χ3v) is 23.1. The molecular formula is C84H131BrO22Se2. The molecule has 0 spiro atoms. The molecule has 8 unspecified atom stereocenters. The number of hydrogen-bond acceptors (Lipinski definition) is 22. The van der Waals surface area contributed by atoms with Crippen LogP contribution in [-0.2, 0) is 95.0 Å². The SMILES string of the molecule is Br[Se]c1ccccc1.C.C.C=CC(O)C1OC(C)(C)O[C@H]1C=C.CC(C)(C)OCC1=CC(=O)[C@H]2OC(C)(C)O[C@@H]12.CC(C)(C)OCC1C([Se]c2ccccc2)C(=O)[C@H]2OC(C)(C)O[C@@H]12.CC(C)(C)OCC1CC(=O)[C@H]2OC(C)(C)O[C@@H]12.CC1(C)OC2C(=O)C=C[C@@H]2O1.CC1(C)OC2C(O)C=C[C@@H]2O1.COC(C)(C)C. The zero-order valence-electron chi connectivity index (χ0n) is 67.6. The number of halogens is 1. The van der Waals surface area contributed by atoms with Gasteiger partial charge in [0, 0.05) is 19.4 Å². The van der Waals surface area contributed by atoms with E-state index in [-0.39, 0.29) is 141 Å². The van der Waals surface area contributed by atoms with Gasteiger partial charge < -0.3 is 71.8 Å². The van der Waals surface area contributed by atoms with Crippen molar-refractivity contribution in [3.63, 3.8) is 0 Å². The summed E-state index contributed by atoms with van der Waals surface area (Å²) in [6, 6.07) is 20.6. The molecule has 2 aromatic rings. The Balaban J connectivity index is 0.000000270. The third-order valence-electron chi connectivity index (χ3n) is 17.3. The van der Waals surface area contributed by atoms with Crippen molar-refractivity contribution in [2.24, 2.45) is 11.8 Å². The number of hydrogen-bond donors (Lipinski definition) is 2. The van der Waals surface area contributed by atoms with Crippen LogP contribution in [-0.4, -0.2) is 231 Å². The van der Waals surface area contributed by atoms with Crippen molar-refractivity contribution in [2.45, 2.75) is 335 Å². The molecular weight excluding hydrogens is 1600 g/mol. The summed E-state index contributed by atoms with van der Waals surface area (Å²) in [5.74, 6) is -3.36. The summed E-state index contributed by atoms with van der Waals surface area (Å²) in [6.45, 7) is 54.8. The number of ketones is 4. The normalized spacial score (nSPS) is 31.7. The Morgan fingerprint density at radius 1 is 0.532 bits per heavy atom. The van der Waals surface area contributed by atoms with Gasteiger partial charge in [0.1, 0.15) is 54.9 Å². The minimum Gasteiger partial charge on any atom is -0.386 e. The Morgan fingerprint density at radius 2 is 0.991 bits per heavy atom. The molecule has 11 aliphatic rings. The molecule has 6 aliphatic heterocycles. The van der Waals surface area contributed by atoms with Crippen molar-refractivity contribution in [3.8, 4) is 0 Å². The fourth-order valence-corrected chi connectivity index (χ4v) is 16.8. The van der Waals surface area contributed by atoms with Crippen LogP contribution < -0.4 is 8.92 Å². The summed E-state index contributed by atoms with van der Waals surface area (Å²) in [5.41, 5.74) is 0.272. The first-order valence-corrected chi connectivity index (χ1v) is 43.4. The van der Waals surface area contributed by atoms with E-state index >= 15 is 0 Å². The molecule has 0 amide bonds. The fraction of sp³-hybridized carbons (Fsp3) is 0.690. The van der Waals surface area contributed by atoms with Crippen LogP contribution in [0, 0.1) is 11.8 Å². The molecule has 22 nitrogen and oxygen atoms in total. The van der Waals surface area contributed by atoms with Crippen LogP contribution in [0.1, 0.15) is 187 Å². The molecule has 25 heteroatoms. The number of fused-ring (bicyclic) bond motifs is 5. The maximum atomic E-state index is 13.0.